The van der Waals surface area contributed by atoms with Gasteiger partial charge in [0.25, 0.3) is 0 Å². The molecule has 0 fully saturated rings. The topological polar surface area (TPSA) is 89.3 Å². The number of hydrogen-bond donors (Lipinski definition) is 1. The summed E-state index contributed by atoms with van der Waals surface area (Å²) >= 11 is 0. The predicted molar refractivity (Wildman–Crippen MR) is 66.4 cm³/mol. The largest absolute Gasteiger partial charge is 0.306 e. The van der Waals surface area contributed by atoms with Gasteiger partial charge in [0, 0.05) is 6.07 Å². The van der Waals surface area contributed by atoms with Crippen LogP contribution in [0.5, 0.6) is 0 Å². The molecule has 0 amide bonds. The molecule has 0 atom stereocenters. The van der Waals surface area contributed by atoms with Gasteiger partial charge >= 0.3 is 5.69 Å². The lowest BCUT2D eigenvalue weighted by atomic mass is 10.2. The molecule has 1 aromatic rings. The van der Waals surface area contributed by atoms with Crippen molar-refractivity contribution in [1.82, 2.24) is 4.72 Å². The molecular formula is C11H11FN2O4S. The van der Waals surface area contributed by atoms with Crippen molar-refractivity contribution in [3.8, 4) is 11.8 Å². The summed E-state index contributed by atoms with van der Waals surface area (Å²) in [5.41, 5.74) is -0.988. The second kappa shape index (κ2) is 5.77. The van der Waals surface area contributed by atoms with Crippen LogP contribution in [0, 0.1) is 34.7 Å². The Morgan fingerprint density at radius 1 is 1.47 bits per heavy atom. The Balaban J connectivity index is 3.27. The predicted octanol–water partition coefficient (Wildman–Crippen LogP) is 1.34. The van der Waals surface area contributed by atoms with E-state index >= 15 is 0 Å². The van der Waals surface area contributed by atoms with E-state index < -0.39 is 26.5 Å². The van der Waals surface area contributed by atoms with Crippen LogP contribution in [0.3, 0.4) is 0 Å². The van der Waals surface area contributed by atoms with Crippen molar-refractivity contribution < 1.29 is 17.7 Å². The van der Waals surface area contributed by atoms with Crippen molar-refractivity contribution >= 4 is 15.7 Å². The van der Waals surface area contributed by atoms with Crippen LogP contribution < -0.4 is 4.72 Å². The average Bonchev–Trinajstić information content (AvgIpc) is 2.32. The van der Waals surface area contributed by atoms with Crippen LogP contribution in [0.1, 0.15) is 12.5 Å². The van der Waals surface area contributed by atoms with Crippen LogP contribution in [0.2, 0.25) is 0 Å². The lowest BCUT2D eigenvalue weighted by molar-refractivity contribution is -0.387. The van der Waals surface area contributed by atoms with Crippen molar-refractivity contribution in [3.05, 3.63) is 33.6 Å². The Labute approximate surface area is 109 Å². The number of sulfonamides is 1. The van der Waals surface area contributed by atoms with Gasteiger partial charge in [-0.3, -0.25) is 10.1 Å². The summed E-state index contributed by atoms with van der Waals surface area (Å²) in [5.74, 6) is 3.94. The Kier molecular flexibility index (Phi) is 4.58. The zero-order chi connectivity index (χ0) is 14.6. The van der Waals surface area contributed by atoms with E-state index in [1.54, 1.807) is 6.92 Å². The number of nitrogens with one attached hydrogen (secondary N) is 1. The Morgan fingerprint density at radius 3 is 2.63 bits per heavy atom. The summed E-state index contributed by atoms with van der Waals surface area (Å²) in [4.78, 5) is 9.31. The molecule has 0 radical (unpaired) electrons. The smallest absolute Gasteiger partial charge is 0.258 e. The second-order valence-electron chi connectivity index (χ2n) is 3.58. The first-order valence-corrected chi connectivity index (χ1v) is 6.61. The van der Waals surface area contributed by atoms with Crippen LogP contribution in [-0.4, -0.2) is 19.9 Å². The Bertz CT molecular complexity index is 674. The Hall–Kier alpha value is -1.98. The average molecular weight is 286 g/mol. The highest BCUT2D eigenvalue weighted by Gasteiger charge is 2.23. The monoisotopic (exact) mass is 286 g/mol. The zero-order valence-electron chi connectivity index (χ0n) is 10.2. The maximum absolute atomic E-state index is 13.4. The van der Waals surface area contributed by atoms with Crippen LogP contribution in [0.15, 0.2) is 17.0 Å². The second-order valence-corrected chi connectivity index (χ2v) is 5.35. The molecule has 0 spiro atoms. The summed E-state index contributed by atoms with van der Waals surface area (Å²) in [6.45, 7) is 2.68. The fourth-order valence-electron chi connectivity index (χ4n) is 1.31. The molecular weight excluding hydrogens is 275 g/mol. The van der Waals surface area contributed by atoms with Gasteiger partial charge in [0.15, 0.2) is 0 Å². The van der Waals surface area contributed by atoms with E-state index in [0.717, 1.165) is 6.07 Å². The normalized spacial score (nSPS) is 10.7. The fraction of sp³-hybridized carbons (Fsp3) is 0.273. The highest BCUT2D eigenvalue weighted by molar-refractivity contribution is 7.89. The third-order valence-electron chi connectivity index (χ3n) is 2.24. The fourth-order valence-corrected chi connectivity index (χ4v) is 2.34. The Morgan fingerprint density at radius 2 is 2.11 bits per heavy atom. The lowest BCUT2D eigenvalue weighted by Crippen LogP contribution is -2.24. The van der Waals surface area contributed by atoms with Crippen LogP contribution >= 0.6 is 0 Å². The van der Waals surface area contributed by atoms with Crippen molar-refractivity contribution in [2.45, 2.75) is 18.7 Å². The summed E-state index contributed by atoms with van der Waals surface area (Å²) in [7, 11) is -3.95. The molecule has 1 aromatic carbocycles. The number of halogens is 1. The molecule has 102 valence electrons. The van der Waals surface area contributed by atoms with E-state index in [9.17, 15) is 22.9 Å². The van der Waals surface area contributed by atoms with E-state index in [0.29, 0.717) is 6.07 Å². The van der Waals surface area contributed by atoms with Gasteiger partial charge in [0.2, 0.25) is 15.8 Å². The van der Waals surface area contributed by atoms with Crippen LogP contribution in [-0.2, 0) is 10.0 Å². The first-order chi connectivity index (χ1) is 8.79. The van der Waals surface area contributed by atoms with E-state index in [4.69, 9.17) is 0 Å². The van der Waals surface area contributed by atoms with E-state index in [1.807, 2.05) is 0 Å². The van der Waals surface area contributed by atoms with E-state index in [1.165, 1.54) is 6.92 Å². The van der Waals surface area contributed by atoms with E-state index in [2.05, 4.69) is 16.6 Å². The number of hydrogen-bond acceptors (Lipinski definition) is 4. The molecule has 6 nitrogen and oxygen atoms in total. The molecule has 0 aliphatic rings. The SMILES string of the molecule is CC#CCNS(=O)(=O)c1cc(C)c(F)c([N+](=O)[O-])c1. The first-order valence-electron chi connectivity index (χ1n) is 5.13. The maximum atomic E-state index is 13.4. The highest BCUT2D eigenvalue weighted by Crippen LogP contribution is 2.24. The third-order valence-corrected chi connectivity index (χ3v) is 3.62. The molecule has 0 aliphatic carbocycles. The molecule has 0 saturated heterocycles. The quantitative estimate of drug-likeness (QED) is 0.514. The number of nitro benzene ring substituents is 1. The van der Waals surface area contributed by atoms with Crippen LogP contribution in [0.4, 0.5) is 10.1 Å². The van der Waals surface area contributed by atoms with Gasteiger partial charge in [-0.2, -0.15) is 9.11 Å². The molecule has 0 saturated carbocycles. The molecule has 0 unspecified atom stereocenters. The summed E-state index contributed by atoms with van der Waals surface area (Å²) in [5, 5.41) is 10.6. The third kappa shape index (κ3) is 3.49. The molecule has 8 heteroatoms. The minimum atomic E-state index is -3.95. The zero-order valence-corrected chi connectivity index (χ0v) is 11.0. The highest BCUT2D eigenvalue weighted by atomic mass is 32.2. The molecule has 19 heavy (non-hydrogen) atoms. The van der Waals surface area contributed by atoms with Gasteiger partial charge in [-0.05, 0) is 25.5 Å². The summed E-state index contributed by atoms with van der Waals surface area (Å²) < 4.78 is 39.2. The molecule has 0 heterocycles. The molecule has 0 aliphatic heterocycles. The van der Waals surface area contributed by atoms with E-state index in [-0.39, 0.29) is 17.0 Å². The minimum absolute atomic E-state index is 0.115. The summed E-state index contributed by atoms with van der Waals surface area (Å²) in [6.07, 6.45) is 0. The van der Waals surface area contributed by atoms with Crippen molar-refractivity contribution in [2.24, 2.45) is 0 Å². The van der Waals surface area contributed by atoms with Gasteiger partial charge in [-0.15, -0.1) is 5.92 Å². The van der Waals surface area contributed by atoms with Crippen molar-refractivity contribution in [2.75, 3.05) is 6.54 Å². The van der Waals surface area contributed by atoms with Crippen molar-refractivity contribution in [1.29, 1.82) is 0 Å². The maximum Gasteiger partial charge on any atom is 0.306 e. The van der Waals surface area contributed by atoms with Gasteiger partial charge in [-0.1, -0.05) is 5.92 Å². The van der Waals surface area contributed by atoms with Gasteiger partial charge < -0.3 is 0 Å². The number of benzene rings is 1. The number of aryl methyl sites for hydroxylation is 1. The molecule has 1 N–H and O–H groups in total. The van der Waals surface area contributed by atoms with Gasteiger partial charge in [0.05, 0.1) is 16.4 Å². The number of nitro groups is 1. The van der Waals surface area contributed by atoms with Gasteiger partial charge in [-0.25, -0.2) is 8.42 Å². The molecule has 0 aromatic heterocycles. The van der Waals surface area contributed by atoms with Crippen molar-refractivity contribution in [3.63, 3.8) is 0 Å². The lowest BCUT2D eigenvalue weighted by Gasteiger charge is -2.06. The van der Waals surface area contributed by atoms with Gasteiger partial charge in [0.1, 0.15) is 0 Å². The number of rotatable bonds is 4. The molecule has 1 rings (SSSR count). The number of nitrogens with zero attached hydrogens (tertiary/aromatic N) is 1. The standard InChI is InChI=1S/C11H11FN2O4S/c1-3-4-5-13-19(17,18)9-6-8(2)11(12)10(7-9)14(15)16/h6-7,13H,5H2,1-2H3. The van der Waals surface area contributed by atoms with Crippen LogP contribution in [0.25, 0.3) is 0 Å². The summed E-state index contributed by atoms with van der Waals surface area (Å²) in [6, 6.07) is 1.72. The minimum Gasteiger partial charge on any atom is -0.258 e. The first kappa shape index (κ1) is 15.1. The molecule has 0 bridgehead atoms.